The highest BCUT2D eigenvalue weighted by atomic mass is 19.1. The SMILES string of the molecule is CCc1ncnc(N(CC)CCCO)c1F. The Morgan fingerprint density at radius 1 is 1.38 bits per heavy atom. The van der Waals surface area contributed by atoms with E-state index in [1.807, 2.05) is 18.7 Å². The summed E-state index contributed by atoms with van der Waals surface area (Å²) >= 11 is 0. The van der Waals surface area contributed by atoms with Crippen molar-refractivity contribution in [2.45, 2.75) is 26.7 Å². The molecule has 0 saturated heterocycles. The van der Waals surface area contributed by atoms with E-state index in [4.69, 9.17) is 5.11 Å². The number of nitrogens with zero attached hydrogens (tertiary/aromatic N) is 3. The molecular formula is C11H18FN3O. The van der Waals surface area contributed by atoms with E-state index in [-0.39, 0.29) is 12.4 Å². The lowest BCUT2D eigenvalue weighted by Crippen LogP contribution is -2.27. The summed E-state index contributed by atoms with van der Waals surface area (Å²) in [6, 6.07) is 0. The first-order valence-electron chi connectivity index (χ1n) is 5.59. The van der Waals surface area contributed by atoms with Gasteiger partial charge in [0.05, 0.1) is 5.69 Å². The topological polar surface area (TPSA) is 49.2 Å². The molecule has 0 aliphatic carbocycles. The molecule has 16 heavy (non-hydrogen) atoms. The lowest BCUT2D eigenvalue weighted by Gasteiger charge is -2.22. The summed E-state index contributed by atoms with van der Waals surface area (Å²) < 4.78 is 13.9. The van der Waals surface area contributed by atoms with Gasteiger partial charge in [0.15, 0.2) is 11.6 Å². The van der Waals surface area contributed by atoms with Crippen LogP contribution in [0, 0.1) is 5.82 Å². The second-order valence-corrected chi connectivity index (χ2v) is 3.47. The first kappa shape index (κ1) is 12.8. The van der Waals surface area contributed by atoms with Crippen LogP contribution in [0.5, 0.6) is 0 Å². The number of anilines is 1. The monoisotopic (exact) mass is 227 g/mol. The largest absolute Gasteiger partial charge is 0.396 e. The van der Waals surface area contributed by atoms with Gasteiger partial charge in [-0.2, -0.15) is 0 Å². The fourth-order valence-corrected chi connectivity index (χ4v) is 1.54. The molecule has 5 heteroatoms. The van der Waals surface area contributed by atoms with Crippen LogP contribution in [0.25, 0.3) is 0 Å². The maximum absolute atomic E-state index is 13.9. The molecule has 4 nitrogen and oxygen atoms in total. The molecule has 1 heterocycles. The molecule has 0 atom stereocenters. The number of aliphatic hydroxyl groups is 1. The van der Waals surface area contributed by atoms with Crippen LogP contribution >= 0.6 is 0 Å². The van der Waals surface area contributed by atoms with Gasteiger partial charge in [-0.3, -0.25) is 0 Å². The number of aliphatic hydroxyl groups excluding tert-OH is 1. The Hall–Kier alpha value is -1.23. The maximum atomic E-state index is 13.9. The summed E-state index contributed by atoms with van der Waals surface area (Å²) in [5.74, 6) is -0.00686. The second kappa shape index (κ2) is 6.37. The zero-order chi connectivity index (χ0) is 12.0. The van der Waals surface area contributed by atoms with Gasteiger partial charge in [-0.1, -0.05) is 6.92 Å². The van der Waals surface area contributed by atoms with Crippen LogP contribution in [-0.2, 0) is 6.42 Å². The van der Waals surface area contributed by atoms with Gasteiger partial charge in [0.25, 0.3) is 0 Å². The number of aryl methyl sites for hydroxylation is 1. The Morgan fingerprint density at radius 2 is 2.12 bits per heavy atom. The van der Waals surface area contributed by atoms with Gasteiger partial charge in [0, 0.05) is 19.7 Å². The molecule has 0 saturated carbocycles. The molecule has 1 aromatic heterocycles. The van der Waals surface area contributed by atoms with E-state index in [0.717, 1.165) is 0 Å². The molecule has 0 aliphatic rings. The van der Waals surface area contributed by atoms with Gasteiger partial charge >= 0.3 is 0 Å². The van der Waals surface area contributed by atoms with Crippen LogP contribution < -0.4 is 4.90 Å². The van der Waals surface area contributed by atoms with Crippen molar-refractivity contribution >= 4 is 5.82 Å². The van der Waals surface area contributed by atoms with E-state index < -0.39 is 0 Å². The zero-order valence-corrected chi connectivity index (χ0v) is 9.78. The Balaban J connectivity index is 2.91. The third-order valence-electron chi connectivity index (χ3n) is 2.45. The van der Waals surface area contributed by atoms with E-state index in [1.54, 1.807) is 0 Å². The van der Waals surface area contributed by atoms with Crippen molar-refractivity contribution in [1.29, 1.82) is 0 Å². The number of halogens is 1. The molecule has 0 spiro atoms. The smallest absolute Gasteiger partial charge is 0.187 e. The molecule has 0 bridgehead atoms. The summed E-state index contributed by atoms with van der Waals surface area (Å²) in [6.07, 6.45) is 2.55. The van der Waals surface area contributed by atoms with Crippen molar-refractivity contribution in [3.05, 3.63) is 17.8 Å². The average Bonchev–Trinajstić information content (AvgIpc) is 2.32. The van der Waals surface area contributed by atoms with Crippen molar-refractivity contribution < 1.29 is 9.50 Å². The molecule has 1 rings (SSSR count). The van der Waals surface area contributed by atoms with Gasteiger partial charge in [0.1, 0.15) is 6.33 Å². The van der Waals surface area contributed by atoms with Gasteiger partial charge < -0.3 is 10.0 Å². The summed E-state index contributed by atoms with van der Waals surface area (Å²) in [6.45, 7) is 5.16. The predicted octanol–water partition coefficient (Wildman–Crippen LogP) is 1.39. The molecule has 0 aliphatic heterocycles. The fraction of sp³-hybridized carbons (Fsp3) is 0.636. The van der Waals surface area contributed by atoms with Gasteiger partial charge in [-0.05, 0) is 19.8 Å². The highest BCUT2D eigenvalue weighted by Gasteiger charge is 2.14. The van der Waals surface area contributed by atoms with Crippen LogP contribution in [-0.4, -0.2) is 34.8 Å². The first-order valence-corrected chi connectivity index (χ1v) is 5.59. The minimum atomic E-state index is -0.343. The Morgan fingerprint density at radius 3 is 2.69 bits per heavy atom. The number of hydrogen-bond donors (Lipinski definition) is 1. The van der Waals surface area contributed by atoms with Crippen molar-refractivity contribution in [3.63, 3.8) is 0 Å². The lowest BCUT2D eigenvalue weighted by atomic mass is 10.3. The van der Waals surface area contributed by atoms with Gasteiger partial charge in [-0.15, -0.1) is 0 Å². The van der Waals surface area contributed by atoms with Crippen LogP contribution in [0.15, 0.2) is 6.33 Å². The van der Waals surface area contributed by atoms with E-state index in [1.165, 1.54) is 6.33 Å². The molecule has 0 radical (unpaired) electrons. The number of hydrogen-bond acceptors (Lipinski definition) is 4. The summed E-state index contributed by atoms with van der Waals surface area (Å²) in [5.41, 5.74) is 0.437. The Bertz CT molecular complexity index is 333. The minimum absolute atomic E-state index is 0.101. The van der Waals surface area contributed by atoms with Crippen LogP contribution in [0.2, 0.25) is 0 Å². The molecule has 1 aromatic rings. The van der Waals surface area contributed by atoms with Crippen molar-refractivity contribution in [3.8, 4) is 0 Å². The Labute approximate surface area is 95.1 Å². The third-order valence-corrected chi connectivity index (χ3v) is 2.45. The van der Waals surface area contributed by atoms with Crippen LogP contribution in [0.1, 0.15) is 26.0 Å². The highest BCUT2D eigenvalue weighted by Crippen LogP contribution is 2.18. The highest BCUT2D eigenvalue weighted by molar-refractivity contribution is 5.40. The maximum Gasteiger partial charge on any atom is 0.187 e. The molecule has 0 fully saturated rings. The van der Waals surface area contributed by atoms with Gasteiger partial charge in [-0.25, -0.2) is 14.4 Å². The van der Waals surface area contributed by atoms with E-state index >= 15 is 0 Å². The number of aromatic nitrogens is 2. The molecule has 0 amide bonds. The molecular weight excluding hydrogens is 209 g/mol. The molecule has 90 valence electrons. The van der Waals surface area contributed by atoms with E-state index in [2.05, 4.69) is 9.97 Å². The van der Waals surface area contributed by atoms with Gasteiger partial charge in [0.2, 0.25) is 0 Å². The normalized spacial score (nSPS) is 10.5. The first-order chi connectivity index (χ1) is 7.74. The quantitative estimate of drug-likeness (QED) is 0.797. The fourth-order valence-electron chi connectivity index (χ4n) is 1.54. The summed E-state index contributed by atoms with van der Waals surface area (Å²) in [4.78, 5) is 9.67. The second-order valence-electron chi connectivity index (χ2n) is 3.47. The molecule has 0 unspecified atom stereocenters. The zero-order valence-electron chi connectivity index (χ0n) is 9.78. The summed E-state index contributed by atoms with van der Waals surface area (Å²) in [7, 11) is 0. The summed E-state index contributed by atoms with van der Waals surface area (Å²) in [5, 5.41) is 8.77. The lowest BCUT2D eigenvalue weighted by molar-refractivity contribution is 0.289. The van der Waals surface area contributed by atoms with Crippen LogP contribution in [0.3, 0.4) is 0 Å². The van der Waals surface area contributed by atoms with Crippen molar-refractivity contribution in [1.82, 2.24) is 9.97 Å². The van der Waals surface area contributed by atoms with Crippen LogP contribution in [0.4, 0.5) is 10.2 Å². The average molecular weight is 227 g/mol. The van der Waals surface area contributed by atoms with Crippen molar-refractivity contribution in [2.24, 2.45) is 0 Å². The molecule has 0 aromatic carbocycles. The minimum Gasteiger partial charge on any atom is -0.396 e. The van der Waals surface area contributed by atoms with E-state index in [0.29, 0.717) is 37.4 Å². The Kier molecular flexibility index (Phi) is 5.11. The number of rotatable bonds is 6. The molecule has 1 N–H and O–H groups in total. The van der Waals surface area contributed by atoms with E-state index in [9.17, 15) is 4.39 Å². The third kappa shape index (κ3) is 2.88. The predicted molar refractivity (Wildman–Crippen MR) is 61.0 cm³/mol. The van der Waals surface area contributed by atoms with Crippen molar-refractivity contribution in [2.75, 3.05) is 24.6 Å². The standard InChI is InChI=1S/C11H18FN3O/c1-3-9-10(12)11(14-8-13-9)15(4-2)6-5-7-16/h8,16H,3-7H2,1-2H3.